The van der Waals surface area contributed by atoms with Gasteiger partial charge in [0.1, 0.15) is 0 Å². The first kappa shape index (κ1) is 11.0. The third-order valence-electron chi connectivity index (χ3n) is 3.89. The maximum absolute atomic E-state index is 5.77. The van der Waals surface area contributed by atoms with Crippen LogP contribution in [-0.2, 0) is 4.74 Å². The van der Waals surface area contributed by atoms with Gasteiger partial charge in [-0.3, -0.25) is 0 Å². The fraction of sp³-hybridized carbons (Fsp3) is 0.692. The second-order valence-corrected chi connectivity index (χ2v) is 5.07. The van der Waals surface area contributed by atoms with Crippen LogP contribution in [0.5, 0.6) is 0 Å². The molecule has 1 saturated carbocycles. The van der Waals surface area contributed by atoms with Gasteiger partial charge in [-0.1, -0.05) is 0 Å². The largest absolute Gasteiger partial charge is 0.378 e. The van der Waals surface area contributed by atoms with E-state index < -0.39 is 0 Å². The fourth-order valence-electron chi connectivity index (χ4n) is 3.04. The minimum atomic E-state index is 0.464. The molecule has 92 valence electrons. The Bertz CT molecular complexity index is 396. The van der Waals surface area contributed by atoms with Gasteiger partial charge >= 0.3 is 0 Å². The van der Waals surface area contributed by atoms with E-state index in [-0.39, 0.29) is 0 Å². The zero-order valence-electron chi connectivity index (χ0n) is 10.2. The second-order valence-electron chi connectivity index (χ2n) is 5.07. The van der Waals surface area contributed by atoms with Crippen molar-refractivity contribution in [1.29, 1.82) is 0 Å². The number of anilines is 1. The lowest BCUT2D eigenvalue weighted by atomic mass is 9.82. The molecule has 1 saturated heterocycles. The van der Waals surface area contributed by atoms with Crippen LogP contribution in [0.2, 0.25) is 0 Å². The second kappa shape index (κ2) is 4.61. The van der Waals surface area contributed by atoms with Gasteiger partial charge in [0.05, 0.1) is 6.10 Å². The third-order valence-corrected chi connectivity index (χ3v) is 3.89. The number of ether oxygens (including phenoxy) is 1. The predicted molar refractivity (Wildman–Crippen MR) is 65.9 cm³/mol. The van der Waals surface area contributed by atoms with E-state index in [9.17, 15) is 0 Å². The Morgan fingerprint density at radius 1 is 1.35 bits per heavy atom. The molecule has 0 radical (unpaired) electrons. The number of aryl methyl sites for hydroxylation is 1. The predicted octanol–water partition coefficient (Wildman–Crippen LogP) is 2.15. The van der Waals surface area contributed by atoms with Gasteiger partial charge < -0.3 is 10.1 Å². The first-order chi connectivity index (χ1) is 8.33. The lowest BCUT2D eigenvalue weighted by Crippen LogP contribution is -2.38. The topological polar surface area (TPSA) is 47.0 Å². The van der Waals surface area contributed by atoms with E-state index in [4.69, 9.17) is 4.74 Å². The van der Waals surface area contributed by atoms with Crippen molar-refractivity contribution in [3.05, 3.63) is 18.0 Å². The summed E-state index contributed by atoms with van der Waals surface area (Å²) in [6.07, 6.45) is 7.12. The maximum Gasteiger partial charge on any atom is 0.223 e. The zero-order valence-corrected chi connectivity index (χ0v) is 10.2. The van der Waals surface area contributed by atoms with E-state index in [0.29, 0.717) is 18.1 Å². The highest BCUT2D eigenvalue weighted by Gasteiger charge is 2.37. The summed E-state index contributed by atoms with van der Waals surface area (Å²) in [4.78, 5) is 8.70. The lowest BCUT2D eigenvalue weighted by Gasteiger charge is -2.33. The number of nitrogens with zero attached hydrogens (tertiary/aromatic N) is 2. The molecule has 2 fully saturated rings. The number of nitrogens with one attached hydrogen (secondary N) is 1. The lowest BCUT2D eigenvalue weighted by molar-refractivity contribution is 0.0619. The van der Waals surface area contributed by atoms with Gasteiger partial charge in [0.25, 0.3) is 0 Å². The first-order valence-electron chi connectivity index (χ1n) is 6.51. The van der Waals surface area contributed by atoms with Crippen molar-refractivity contribution in [2.45, 2.75) is 44.8 Å². The highest BCUT2D eigenvalue weighted by atomic mass is 16.5. The normalized spacial score (nSPS) is 32.2. The van der Waals surface area contributed by atoms with Gasteiger partial charge in [0, 0.05) is 30.5 Å². The molecular formula is C13H19N3O. The molecule has 0 aromatic carbocycles. The van der Waals surface area contributed by atoms with E-state index in [2.05, 4.69) is 15.3 Å². The van der Waals surface area contributed by atoms with Gasteiger partial charge in [0.15, 0.2) is 0 Å². The Kier molecular flexibility index (Phi) is 2.97. The molecule has 4 nitrogen and oxygen atoms in total. The summed E-state index contributed by atoms with van der Waals surface area (Å²) in [5.41, 5.74) is 1.01. The molecule has 1 aliphatic carbocycles. The first-order valence-corrected chi connectivity index (χ1v) is 6.51. The van der Waals surface area contributed by atoms with Crippen LogP contribution in [0.3, 0.4) is 0 Å². The van der Waals surface area contributed by atoms with Crippen LogP contribution in [0.15, 0.2) is 12.3 Å². The summed E-state index contributed by atoms with van der Waals surface area (Å²) < 4.78 is 5.77. The highest BCUT2D eigenvalue weighted by Crippen LogP contribution is 2.35. The van der Waals surface area contributed by atoms with Crippen molar-refractivity contribution >= 4 is 5.95 Å². The highest BCUT2D eigenvalue weighted by molar-refractivity contribution is 5.27. The zero-order chi connectivity index (χ0) is 11.7. The summed E-state index contributed by atoms with van der Waals surface area (Å²) in [5, 5.41) is 3.49. The number of fused-ring (bicyclic) bond motifs is 1. The van der Waals surface area contributed by atoms with Gasteiger partial charge in [-0.15, -0.1) is 0 Å². The summed E-state index contributed by atoms with van der Waals surface area (Å²) in [6.45, 7) is 2.91. The molecule has 4 heteroatoms. The fourth-order valence-corrected chi connectivity index (χ4v) is 3.04. The van der Waals surface area contributed by atoms with Crippen LogP contribution in [0.1, 0.15) is 31.4 Å². The minimum Gasteiger partial charge on any atom is -0.378 e. The average molecular weight is 233 g/mol. The molecule has 3 unspecified atom stereocenters. The summed E-state index contributed by atoms with van der Waals surface area (Å²) in [7, 11) is 0. The van der Waals surface area contributed by atoms with E-state index in [0.717, 1.165) is 18.2 Å². The van der Waals surface area contributed by atoms with E-state index in [1.807, 2.05) is 19.2 Å². The molecule has 0 amide bonds. The van der Waals surface area contributed by atoms with Gasteiger partial charge in [-0.2, -0.15) is 0 Å². The van der Waals surface area contributed by atoms with Crippen LogP contribution >= 0.6 is 0 Å². The maximum atomic E-state index is 5.77. The van der Waals surface area contributed by atoms with Gasteiger partial charge in [0.2, 0.25) is 5.95 Å². The molecule has 2 heterocycles. The van der Waals surface area contributed by atoms with E-state index in [1.54, 1.807) is 0 Å². The Balaban J connectivity index is 1.71. The van der Waals surface area contributed by atoms with Crippen molar-refractivity contribution in [3.63, 3.8) is 0 Å². The van der Waals surface area contributed by atoms with Crippen LogP contribution in [0.25, 0.3) is 0 Å². The summed E-state index contributed by atoms with van der Waals surface area (Å²) >= 11 is 0. The van der Waals surface area contributed by atoms with Crippen molar-refractivity contribution in [3.8, 4) is 0 Å². The number of rotatable bonds is 2. The van der Waals surface area contributed by atoms with E-state index >= 15 is 0 Å². The Morgan fingerprint density at radius 2 is 2.29 bits per heavy atom. The quantitative estimate of drug-likeness (QED) is 0.850. The molecule has 1 aromatic rings. The average Bonchev–Trinajstić information content (AvgIpc) is 2.78. The SMILES string of the molecule is Cc1ccnc(NC2CCCC3OCCC23)n1. The van der Waals surface area contributed by atoms with Crippen LogP contribution in [0, 0.1) is 12.8 Å². The van der Waals surface area contributed by atoms with E-state index in [1.165, 1.54) is 25.7 Å². The molecule has 0 spiro atoms. The number of hydrogen-bond acceptors (Lipinski definition) is 4. The van der Waals surface area contributed by atoms with Crippen molar-refractivity contribution in [2.24, 2.45) is 5.92 Å². The molecule has 3 rings (SSSR count). The summed E-state index contributed by atoms with van der Waals surface area (Å²) in [6, 6.07) is 2.41. The molecule has 1 aromatic heterocycles. The Labute approximate surface area is 102 Å². The summed E-state index contributed by atoms with van der Waals surface area (Å²) in [5.74, 6) is 1.41. The Hall–Kier alpha value is -1.16. The van der Waals surface area contributed by atoms with Crippen molar-refractivity contribution in [1.82, 2.24) is 9.97 Å². The van der Waals surface area contributed by atoms with Crippen LogP contribution in [0.4, 0.5) is 5.95 Å². The van der Waals surface area contributed by atoms with Crippen LogP contribution < -0.4 is 5.32 Å². The number of aromatic nitrogens is 2. The minimum absolute atomic E-state index is 0.464. The van der Waals surface area contributed by atoms with Crippen LogP contribution in [-0.4, -0.2) is 28.7 Å². The molecule has 2 aliphatic rings. The van der Waals surface area contributed by atoms with Crippen molar-refractivity contribution in [2.75, 3.05) is 11.9 Å². The third kappa shape index (κ3) is 2.27. The standard InChI is InChI=1S/C13H19N3O/c1-9-5-7-14-13(15-9)16-11-3-2-4-12-10(11)6-8-17-12/h5,7,10-12H,2-4,6,8H2,1H3,(H,14,15,16). The van der Waals surface area contributed by atoms with Gasteiger partial charge in [-0.05, 0) is 38.7 Å². The molecule has 17 heavy (non-hydrogen) atoms. The molecule has 0 bridgehead atoms. The molecule has 1 aliphatic heterocycles. The van der Waals surface area contributed by atoms with Gasteiger partial charge in [-0.25, -0.2) is 9.97 Å². The monoisotopic (exact) mass is 233 g/mol. The smallest absolute Gasteiger partial charge is 0.223 e. The molecular weight excluding hydrogens is 214 g/mol. The Morgan fingerprint density at radius 3 is 3.18 bits per heavy atom. The van der Waals surface area contributed by atoms with Crippen molar-refractivity contribution < 1.29 is 4.74 Å². The molecule has 1 N–H and O–H groups in total. The molecule has 3 atom stereocenters. The number of hydrogen-bond donors (Lipinski definition) is 1.